The highest BCUT2D eigenvalue weighted by Crippen LogP contribution is 2.30. The van der Waals surface area contributed by atoms with Crippen LogP contribution in [-0.4, -0.2) is 55.3 Å². The molecule has 122 valence electrons. The predicted octanol–water partition coefficient (Wildman–Crippen LogP) is 0.749. The molecule has 22 heavy (non-hydrogen) atoms. The molecule has 1 aromatic heterocycles. The van der Waals surface area contributed by atoms with Crippen molar-refractivity contribution in [2.75, 3.05) is 31.1 Å². The fourth-order valence-corrected chi connectivity index (χ4v) is 5.47. The van der Waals surface area contributed by atoms with Gasteiger partial charge in [-0.05, 0) is 19.8 Å². The molecule has 1 atom stereocenters. The maximum absolute atomic E-state index is 12.8. The lowest BCUT2D eigenvalue weighted by atomic mass is 9.99. The van der Waals surface area contributed by atoms with Crippen molar-refractivity contribution in [3.05, 3.63) is 16.1 Å². The fraction of sp³-hybridized carbons (Fsp3) is 0.714. The van der Waals surface area contributed by atoms with Crippen LogP contribution >= 0.6 is 11.3 Å². The molecule has 0 aromatic carbocycles. The lowest BCUT2D eigenvalue weighted by Crippen LogP contribution is -2.51. The highest BCUT2D eigenvalue weighted by atomic mass is 32.2. The van der Waals surface area contributed by atoms with Crippen LogP contribution in [-0.2, 0) is 14.6 Å². The van der Waals surface area contributed by atoms with Gasteiger partial charge in [0.05, 0.1) is 17.5 Å². The third-order valence-electron chi connectivity index (χ3n) is 4.35. The Kier molecular flexibility index (Phi) is 4.52. The summed E-state index contributed by atoms with van der Waals surface area (Å²) in [6.07, 6.45) is 2.74. The van der Waals surface area contributed by atoms with Crippen LogP contribution in [0.2, 0.25) is 0 Å². The van der Waals surface area contributed by atoms with E-state index >= 15 is 0 Å². The molecular formula is C14H21N3O3S2. The molecule has 2 saturated heterocycles. The van der Waals surface area contributed by atoms with E-state index in [0.717, 1.165) is 16.4 Å². The van der Waals surface area contributed by atoms with Gasteiger partial charge in [-0.2, -0.15) is 0 Å². The third-order valence-corrected chi connectivity index (χ3v) is 7.08. The van der Waals surface area contributed by atoms with Gasteiger partial charge >= 0.3 is 0 Å². The van der Waals surface area contributed by atoms with Gasteiger partial charge in [0.2, 0.25) is 5.91 Å². The van der Waals surface area contributed by atoms with Crippen molar-refractivity contribution in [1.29, 1.82) is 0 Å². The van der Waals surface area contributed by atoms with Crippen molar-refractivity contribution in [3.63, 3.8) is 0 Å². The number of nitrogens with one attached hydrogen (secondary N) is 1. The minimum atomic E-state index is -2.94. The summed E-state index contributed by atoms with van der Waals surface area (Å²) in [5.74, 6) is 0.201. The number of hydrogen-bond acceptors (Lipinski definition) is 6. The largest absolute Gasteiger partial charge is 0.330 e. The van der Waals surface area contributed by atoms with E-state index in [1.807, 2.05) is 18.0 Å². The topological polar surface area (TPSA) is 79.4 Å². The number of nitrogens with zero attached hydrogens (tertiary/aromatic N) is 2. The summed E-state index contributed by atoms with van der Waals surface area (Å²) in [6, 6.07) is -0.0292. The summed E-state index contributed by atoms with van der Waals surface area (Å²) >= 11 is 1.62. The summed E-state index contributed by atoms with van der Waals surface area (Å²) in [6.45, 7) is 4.16. The lowest BCUT2D eigenvalue weighted by Gasteiger charge is -2.38. The molecule has 0 spiro atoms. The zero-order valence-electron chi connectivity index (χ0n) is 12.6. The summed E-state index contributed by atoms with van der Waals surface area (Å²) in [5, 5.41) is 4.28. The first-order valence-corrected chi connectivity index (χ1v) is 10.2. The minimum Gasteiger partial charge on any atom is -0.330 e. The average molecular weight is 343 g/mol. The molecule has 6 nitrogen and oxygen atoms in total. The van der Waals surface area contributed by atoms with Crippen LogP contribution in [0.25, 0.3) is 0 Å². The lowest BCUT2D eigenvalue weighted by molar-refractivity contribution is -0.139. The zero-order valence-corrected chi connectivity index (χ0v) is 14.3. The van der Waals surface area contributed by atoms with Gasteiger partial charge in [0.25, 0.3) is 0 Å². The Balaban J connectivity index is 1.74. The second-order valence-electron chi connectivity index (χ2n) is 5.99. The van der Waals surface area contributed by atoms with Crippen molar-refractivity contribution in [3.8, 4) is 0 Å². The SMILES string of the molecule is Cc1cnc(C2CNCCN2C(=O)C2CCS(=O)(=O)CC2)s1. The van der Waals surface area contributed by atoms with Gasteiger partial charge in [0.1, 0.15) is 14.8 Å². The molecule has 2 aliphatic heterocycles. The van der Waals surface area contributed by atoms with Crippen LogP contribution in [0.5, 0.6) is 0 Å². The Bertz CT molecular complexity index is 642. The number of aryl methyl sites for hydroxylation is 1. The van der Waals surface area contributed by atoms with Crippen LogP contribution in [0.4, 0.5) is 0 Å². The highest BCUT2D eigenvalue weighted by Gasteiger charge is 2.36. The smallest absolute Gasteiger partial charge is 0.226 e. The molecule has 0 bridgehead atoms. The number of aromatic nitrogens is 1. The molecule has 1 unspecified atom stereocenters. The van der Waals surface area contributed by atoms with Crippen molar-refractivity contribution in [2.45, 2.75) is 25.8 Å². The number of sulfone groups is 1. The summed E-state index contributed by atoms with van der Waals surface area (Å²) in [4.78, 5) is 20.3. The number of thiazole rings is 1. The van der Waals surface area contributed by atoms with Gasteiger partial charge in [-0.3, -0.25) is 4.79 Å². The molecule has 0 aliphatic carbocycles. The zero-order chi connectivity index (χ0) is 15.7. The molecule has 3 rings (SSSR count). The molecule has 2 aliphatic rings. The van der Waals surface area contributed by atoms with E-state index in [-0.39, 0.29) is 29.4 Å². The Hall–Kier alpha value is -0.990. The van der Waals surface area contributed by atoms with Gasteiger partial charge in [-0.1, -0.05) is 0 Å². The Morgan fingerprint density at radius 2 is 2.14 bits per heavy atom. The number of carbonyl (C=O) groups excluding carboxylic acids is 1. The first-order chi connectivity index (χ1) is 10.5. The predicted molar refractivity (Wildman–Crippen MR) is 85.6 cm³/mol. The molecule has 1 aromatic rings. The van der Waals surface area contributed by atoms with E-state index in [9.17, 15) is 13.2 Å². The van der Waals surface area contributed by atoms with E-state index in [1.165, 1.54) is 0 Å². The van der Waals surface area contributed by atoms with Crippen LogP contribution in [0.1, 0.15) is 28.8 Å². The Labute approximate surface area is 134 Å². The van der Waals surface area contributed by atoms with Crippen molar-refractivity contribution >= 4 is 27.1 Å². The van der Waals surface area contributed by atoms with Gasteiger partial charge in [0, 0.05) is 36.6 Å². The molecule has 0 saturated carbocycles. The monoisotopic (exact) mass is 343 g/mol. The molecular weight excluding hydrogens is 322 g/mol. The van der Waals surface area contributed by atoms with Gasteiger partial charge in [-0.15, -0.1) is 11.3 Å². The van der Waals surface area contributed by atoms with Gasteiger partial charge in [-0.25, -0.2) is 13.4 Å². The quantitative estimate of drug-likeness (QED) is 0.857. The molecule has 0 radical (unpaired) electrons. The number of amides is 1. The van der Waals surface area contributed by atoms with Crippen molar-refractivity contribution in [1.82, 2.24) is 15.2 Å². The standard InChI is InChI=1S/C14H21N3O3S2/c1-10-8-16-13(21-10)12-9-15-4-5-17(12)14(18)11-2-6-22(19,20)7-3-11/h8,11-12,15H,2-7,9H2,1H3. The number of carbonyl (C=O) groups is 1. The summed E-state index contributed by atoms with van der Waals surface area (Å²) < 4.78 is 23.1. The first kappa shape index (κ1) is 15.9. The van der Waals surface area contributed by atoms with E-state index in [1.54, 1.807) is 11.3 Å². The summed E-state index contributed by atoms with van der Waals surface area (Å²) in [5.41, 5.74) is 0. The average Bonchev–Trinajstić information content (AvgIpc) is 2.93. The minimum absolute atomic E-state index is 0.0292. The Morgan fingerprint density at radius 3 is 2.77 bits per heavy atom. The second-order valence-corrected chi connectivity index (χ2v) is 9.56. The van der Waals surface area contributed by atoms with Gasteiger partial charge < -0.3 is 10.2 Å². The molecule has 2 fully saturated rings. The third kappa shape index (κ3) is 3.33. The van der Waals surface area contributed by atoms with E-state index in [4.69, 9.17) is 0 Å². The molecule has 8 heteroatoms. The van der Waals surface area contributed by atoms with Crippen LogP contribution in [0, 0.1) is 12.8 Å². The molecule has 1 N–H and O–H groups in total. The second kappa shape index (κ2) is 6.25. The molecule has 1 amide bonds. The van der Waals surface area contributed by atoms with Crippen LogP contribution in [0.15, 0.2) is 6.20 Å². The number of rotatable bonds is 2. The number of hydrogen-bond donors (Lipinski definition) is 1. The van der Waals surface area contributed by atoms with Crippen molar-refractivity contribution in [2.24, 2.45) is 5.92 Å². The van der Waals surface area contributed by atoms with Crippen LogP contribution in [0.3, 0.4) is 0 Å². The fourth-order valence-electron chi connectivity index (χ4n) is 3.09. The van der Waals surface area contributed by atoms with Gasteiger partial charge in [0.15, 0.2) is 0 Å². The first-order valence-electron chi connectivity index (χ1n) is 7.60. The maximum Gasteiger partial charge on any atom is 0.226 e. The number of piperazine rings is 1. The van der Waals surface area contributed by atoms with E-state index in [2.05, 4.69) is 10.3 Å². The van der Waals surface area contributed by atoms with E-state index in [0.29, 0.717) is 25.9 Å². The maximum atomic E-state index is 12.8. The van der Waals surface area contributed by atoms with E-state index < -0.39 is 9.84 Å². The highest BCUT2D eigenvalue weighted by molar-refractivity contribution is 7.91. The van der Waals surface area contributed by atoms with Crippen molar-refractivity contribution < 1.29 is 13.2 Å². The van der Waals surface area contributed by atoms with Crippen LogP contribution < -0.4 is 5.32 Å². The molecule has 3 heterocycles. The normalized spacial score (nSPS) is 26.0. The summed E-state index contributed by atoms with van der Waals surface area (Å²) in [7, 11) is -2.94. The Morgan fingerprint density at radius 1 is 1.41 bits per heavy atom.